The summed E-state index contributed by atoms with van der Waals surface area (Å²) in [6, 6.07) is 6.73. The van der Waals surface area contributed by atoms with Crippen molar-refractivity contribution in [3.05, 3.63) is 29.6 Å². The quantitative estimate of drug-likeness (QED) is 0.179. The summed E-state index contributed by atoms with van der Waals surface area (Å²) in [5.41, 5.74) is 5.95. The van der Waals surface area contributed by atoms with Gasteiger partial charge in [0.15, 0.2) is 0 Å². The monoisotopic (exact) mass is 508 g/mol. The van der Waals surface area contributed by atoms with Gasteiger partial charge in [0.1, 0.15) is 0 Å². The van der Waals surface area contributed by atoms with Crippen LogP contribution >= 0.6 is 25.5 Å². The predicted octanol–water partition coefficient (Wildman–Crippen LogP) is 6.29. The summed E-state index contributed by atoms with van der Waals surface area (Å²) < 4.78 is 0. The first-order chi connectivity index (χ1) is 12.2. The van der Waals surface area contributed by atoms with Crippen LogP contribution in [0, 0.1) is 0 Å². The Morgan fingerprint density at radius 3 is 1.31 bits per heavy atom. The number of pyridine rings is 1. The number of rotatable bonds is 8. The molecule has 6 heteroatoms. The first-order valence-electron chi connectivity index (χ1n) is 9.26. The molecule has 0 N–H and O–H groups in total. The summed E-state index contributed by atoms with van der Waals surface area (Å²) in [6.07, 6.45) is 2.44. The summed E-state index contributed by atoms with van der Waals surface area (Å²) in [4.78, 5) is 12.8. The number of hydrogen-bond acceptors (Lipinski definition) is 2. The van der Waals surface area contributed by atoms with Gasteiger partial charge in [-0.2, -0.15) is 0 Å². The predicted molar refractivity (Wildman–Crippen MR) is 123 cm³/mol. The molecular weight excluding hydrogens is 469 g/mol. The second kappa shape index (κ2) is 16.5. The Morgan fingerprint density at radius 1 is 0.808 bits per heavy atom. The Hall–Kier alpha value is 0.593. The first kappa shape index (κ1) is 28.8. The molecule has 1 rings (SSSR count). The topological polar surface area (TPSA) is 30.0 Å². The molecule has 1 aromatic heterocycles. The van der Waals surface area contributed by atoms with Crippen LogP contribution in [0.25, 0.3) is 0 Å². The first-order valence-corrected chi connectivity index (χ1v) is 15.4. The summed E-state index contributed by atoms with van der Waals surface area (Å²) in [5, 5.41) is 0. The van der Waals surface area contributed by atoms with Crippen LogP contribution in [0.15, 0.2) is 18.2 Å². The van der Waals surface area contributed by atoms with E-state index in [1.165, 1.54) is 23.7 Å². The molecule has 154 valence electrons. The van der Waals surface area contributed by atoms with Crippen molar-refractivity contribution < 1.29 is 22.1 Å². The fourth-order valence-electron chi connectivity index (χ4n) is 3.29. The van der Waals surface area contributed by atoms with E-state index in [4.69, 9.17) is 9.78 Å². The van der Waals surface area contributed by atoms with Gasteiger partial charge in [-0.15, -0.1) is 0 Å². The van der Waals surface area contributed by atoms with Crippen molar-refractivity contribution >= 4 is 32.3 Å². The molecule has 1 aromatic rings. The third kappa shape index (κ3) is 11.4. The molecular formula is C20H39ClNOP2Ru+. The fourth-order valence-corrected chi connectivity index (χ4v) is 8.82. The second-order valence-corrected chi connectivity index (χ2v) is 15.4. The van der Waals surface area contributed by atoms with E-state index in [0.29, 0.717) is 0 Å². The molecule has 0 spiro atoms. The molecule has 0 bridgehead atoms. The molecule has 0 aliphatic rings. The molecule has 0 aliphatic heterocycles. The van der Waals surface area contributed by atoms with Crippen LogP contribution in [0.3, 0.4) is 0 Å². The zero-order chi connectivity index (χ0) is 20.9. The standard InChI is InChI=1S/C19H35NP2.CHO.ClH.Ru.H/c1-14(2)21(15(3)4)12-18-10-9-11-19(20-18)13-22(16(5)6)17(7)8;1-2;;;/h9-11,14-17H,12-13H2,1-8H3;1H;1H;;/q;-1;;+1;/p+1. The van der Waals surface area contributed by atoms with Gasteiger partial charge in [-0.1, -0.05) is 6.07 Å². The van der Waals surface area contributed by atoms with Gasteiger partial charge in [0.2, 0.25) is 0 Å². The summed E-state index contributed by atoms with van der Waals surface area (Å²) in [7, 11) is 3.89. The van der Waals surface area contributed by atoms with Gasteiger partial charge in [-0.25, -0.2) is 0 Å². The van der Waals surface area contributed by atoms with Gasteiger partial charge >= 0.3 is 27.0 Å². The van der Waals surface area contributed by atoms with Crippen molar-refractivity contribution in [3.63, 3.8) is 0 Å². The zero-order valence-electron chi connectivity index (χ0n) is 17.6. The maximum atomic E-state index is 7.75. The molecule has 1 heterocycles. The Morgan fingerprint density at radius 2 is 1.08 bits per heavy atom. The van der Waals surface area contributed by atoms with E-state index in [1.54, 1.807) is 17.3 Å². The molecule has 0 radical (unpaired) electrons. The minimum atomic E-state index is -0.362. The summed E-state index contributed by atoms with van der Waals surface area (Å²) in [5.74, 6) is 0. The second-order valence-electron chi connectivity index (χ2n) is 7.74. The van der Waals surface area contributed by atoms with Crippen molar-refractivity contribution in [3.8, 4) is 0 Å². The Balaban J connectivity index is 0. The van der Waals surface area contributed by atoms with E-state index in [9.17, 15) is 0 Å². The van der Waals surface area contributed by atoms with Crippen LogP contribution < -0.4 is 0 Å². The molecule has 0 aliphatic carbocycles. The molecule has 0 atom stereocenters. The number of hydrogen-bond donors (Lipinski definition) is 0. The number of carbonyl (C=O) groups excluding carboxylic acids is 1. The van der Waals surface area contributed by atoms with Crippen LogP contribution in [-0.4, -0.2) is 34.4 Å². The zero-order valence-corrected chi connectivity index (χ0v) is 22.3. The Bertz CT molecular complexity index is 420. The van der Waals surface area contributed by atoms with Crippen molar-refractivity contribution in [2.75, 3.05) is 0 Å². The van der Waals surface area contributed by atoms with Crippen molar-refractivity contribution in [1.29, 1.82) is 0 Å². The molecule has 26 heavy (non-hydrogen) atoms. The van der Waals surface area contributed by atoms with Gasteiger partial charge in [-0.05, 0) is 67.5 Å². The molecule has 2 nitrogen and oxygen atoms in total. The third-order valence-electron chi connectivity index (χ3n) is 4.60. The summed E-state index contributed by atoms with van der Waals surface area (Å²) in [6.45, 7) is 22.3. The van der Waals surface area contributed by atoms with Crippen LogP contribution in [-0.2, 0) is 34.4 Å². The van der Waals surface area contributed by atoms with Gasteiger partial charge in [0, 0.05) is 15.8 Å². The normalized spacial score (nSPS) is 11.1. The van der Waals surface area contributed by atoms with E-state index in [2.05, 4.69) is 90.1 Å². The van der Waals surface area contributed by atoms with Crippen LogP contribution in [0.1, 0.15) is 66.8 Å². The van der Waals surface area contributed by atoms with Gasteiger partial charge in [-0.3, -0.25) is 11.8 Å². The van der Waals surface area contributed by atoms with Crippen LogP contribution in [0.4, 0.5) is 0 Å². The molecule has 0 fully saturated rings. The van der Waals surface area contributed by atoms with Gasteiger partial charge in [0.05, 0.1) is 46.3 Å². The van der Waals surface area contributed by atoms with E-state index in [-0.39, 0.29) is 15.8 Å². The van der Waals surface area contributed by atoms with E-state index in [0.717, 1.165) is 22.6 Å². The fraction of sp³-hybridized carbons (Fsp3) is 0.700. The molecule has 0 aromatic carbocycles. The van der Waals surface area contributed by atoms with Gasteiger partial charge in [0.25, 0.3) is 0 Å². The van der Waals surface area contributed by atoms with E-state index in [1.807, 2.05) is 0 Å². The molecule has 0 amide bonds. The summed E-state index contributed by atoms with van der Waals surface area (Å²) >= 11 is 1.62. The Kier molecular flexibility index (Phi) is 18.3. The van der Waals surface area contributed by atoms with Crippen LogP contribution in [0.5, 0.6) is 0 Å². The van der Waals surface area contributed by atoms with Crippen molar-refractivity contribution in [2.24, 2.45) is 0 Å². The van der Waals surface area contributed by atoms with Crippen molar-refractivity contribution in [1.82, 2.24) is 4.98 Å². The average molecular weight is 508 g/mol. The number of aromatic nitrogens is 1. The minimum absolute atomic E-state index is 0.362. The van der Waals surface area contributed by atoms with Crippen molar-refractivity contribution in [2.45, 2.75) is 90.3 Å². The Labute approximate surface area is 178 Å². The SMILES string of the molecule is CC(C)[PH+](Cc1cccc(C[PH+](C(C)C)C(C)C)n1)C(C)C.[CH-]=O.[Cl][RuH]. The number of halogens is 1. The molecule has 0 saturated carbocycles. The van der Waals surface area contributed by atoms with E-state index < -0.39 is 0 Å². The van der Waals surface area contributed by atoms with E-state index >= 15 is 0 Å². The van der Waals surface area contributed by atoms with Crippen LogP contribution in [0.2, 0.25) is 0 Å². The average Bonchev–Trinajstić information content (AvgIpc) is 2.60. The maximum absolute atomic E-state index is 7.75. The molecule has 0 saturated heterocycles. The third-order valence-corrected chi connectivity index (χ3v) is 12.1. The van der Waals surface area contributed by atoms with Gasteiger partial charge < -0.3 is 4.79 Å². The number of nitrogens with zero attached hydrogens (tertiary/aromatic N) is 1. The molecule has 0 unspecified atom stereocenters.